The summed E-state index contributed by atoms with van der Waals surface area (Å²) in [5.74, 6) is 0.875. The standard InChI is InChI=1S/C7H15N3/c1-7-5-10(8-2)4-6(7)3-9-7/h6,8-9H,3-5H2,1-2H3. The van der Waals surface area contributed by atoms with E-state index in [0.29, 0.717) is 5.54 Å². The van der Waals surface area contributed by atoms with Gasteiger partial charge in [0.1, 0.15) is 0 Å². The van der Waals surface area contributed by atoms with E-state index in [9.17, 15) is 0 Å². The van der Waals surface area contributed by atoms with Crippen LogP contribution in [-0.4, -0.2) is 37.2 Å². The van der Waals surface area contributed by atoms with E-state index in [4.69, 9.17) is 0 Å². The Bertz CT molecular complexity index is 148. The fourth-order valence-corrected chi connectivity index (χ4v) is 1.94. The van der Waals surface area contributed by atoms with Crippen LogP contribution in [0, 0.1) is 5.92 Å². The predicted molar refractivity (Wildman–Crippen MR) is 40.5 cm³/mol. The molecule has 10 heavy (non-hydrogen) atoms. The Morgan fingerprint density at radius 2 is 2.50 bits per heavy atom. The Kier molecular flexibility index (Phi) is 1.27. The normalized spacial score (nSPS) is 46.8. The van der Waals surface area contributed by atoms with E-state index in [1.54, 1.807) is 0 Å². The lowest BCUT2D eigenvalue weighted by Crippen LogP contribution is -2.62. The van der Waals surface area contributed by atoms with Gasteiger partial charge in [-0.3, -0.25) is 5.43 Å². The zero-order valence-corrected chi connectivity index (χ0v) is 6.65. The van der Waals surface area contributed by atoms with Crippen molar-refractivity contribution in [3.63, 3.8) is 0 Å². The van der Waals surface area contributed by atoms with Gasteiger partial charge in [0.25, 0.3) is 0 Å². The van der Waals surface area contributed by atoms with E-state index >= 15 is 0 Å². The van der Waals surface area contributed by atoms with E-state index in [2.05, 4.69) is 22.7 Å². The minimum absolute atomic E-state index is 0.420. The predicted octanol–water partition coefficient (Wildman–Crippen LogP) is -0.585. The molecule has 2 aliphatic heterocycles. The van der Waals surface area contributed by atoms with Crippen LogP contribution in [-0.2, 0) is 0 Å². The Morgan fingerprint density at radius 1 is 1.70 bits per heavy atom. The largest absolute Gasteiger partial charge is 0.309 e. The van der Waals surface area contributed by atoms with Crippen molar-refractivity contribution in [2.75, 3.05) is 26.7 Å². The van der Waals surface area contributed by atoms with Crippen LogP contribution < -0.4 is 10.7 Å². The maximum absolute atomic E-state index is 3.47. The summed E-state index contributed by atoms with van der Waals surface area (Å²) in [5, 5.41) is 5.75. The number of nitrogens with one attached hydrogen (secondary N) is 2. The van der Waals surface area contributed by atoms with E-state index in [0.717, 1.165) is 12.5 Å². The lowest BCUT2D eigenvalue weighted by Gasteiger charge is -2.42. The quantitative estimate of drug-likeness (QED) is 0.511. The van der Waals surface area contributed by atoms with Crippen LogP contribution in [0.2, 0.25) is 0 Å². The Hall–Kier alpha value is -0.120. The molecule has 0 aliphatic carbocycles. The first-order valence-electron chi connectivity index (χ1n) is 3.92. The van der Waals surface area contributed by atoms with Crippen LogP contribution in [0.4, 0.5) is 0 Å². The summed E-state index contributed by atoms with van der Waals surface area (Å²) in [5.41, 5.74) is 3.60. The molecule has 0 aromatic rings. The summed E-state index contributed by atoms with van der Waals surface area (Å²) in [7, 11) is 1.99. The highest BCUT2D eigenvalue weighted by Crippen LogP contribution is 2.32. The molecule has 2 fully saturated rings. The molecule has 2 heterocycles. The molecule has 3 nitrogen and oxygen atoms in total. The minimum Gasteiger partial charge on any atom is -0.309 e. The van der Waals surface area contributed by atoms with Crippen molar-refractivity contribution in [3.05, 3.63) is 0 Å². The van der Waals surface area contributed by atoms with Crippen LogP contribution in [0.3, 0.4) is 0 Å². The van der Waals surface area contributed by atoms with Gasteiger partial charge in [-0.05, 0) is 14.0 Å². The molecule has 0 spiro atoms. The third kappa shape index (κ3) is 0.713. The molecule has 0 radical (unpaired) electrons. The van der Waals surface area contributed by atoms with Crippen molar-refractivity contribution in [1.82, 2.24) is 15.8 Å². The van der Waals surface area contributed by atoms with Crippen molar-refractivity contribution in [1.29, 1.82) is 0 Å². The SMILES string of the molecule is CNN1CC2CNC2(C)C1. The topological polar surface area (TPSA) is 27.3 Å². The van der Waals surface area contributed by atoms with E-state index in [-0.39, 0.29) is 0 Å². The van der Waals surface area contributed by atoms with Crippen LogP contribution in [0.1, 0.15) is 6.92 Å². The summed E-state index contributed by atoms with van der Waals surface area (Å²) >= 11 is 0. The smallest absolute Gasteiger partial charge is 0.0347 e. The molecule has 2 aliphatic rings. The van der Waals surface area contributed by atoms with Gasteiger partial charge < -0.3 is 5.32 Å². The van der Waals surface area contributed by atoms with Gasteiger partial charge in [0.05, 0.1) is 0 Å². The van der Waals surface area contributed by atoms with E-state index in [1.165, 1.54) is 13.1 Å². The maximum atomic E-state index is 3.47. The van der Waals surface area contributed by atoms with Gasteiger partial charge in [-0.1, -0.05) is 0 Å². The lowest BCUT2D eigenvalue weighted by atomic mass is 9.81. The first-order valence-corrected chi connectivity index (χ1v) is 3.92. The van der Waals surface area contributed by atoms with Crippen LogP contribution in [0.5, 0.6) is 0 Å². The molecule has 2 rings (SSSR count). The van der Waals surface area contributed by atoms with Gasteiger partial charge in [0.2, 0.25) is 0 Å². The average molecular weight is 141 g/mol. The molecular formula is C7H15N3. The lowest BCUT2D eigenvalue weighted by molar-refractivity contribution is 0.176. The molecule has 0 aromatic carbocycles. The van der Waals surface area contributed by atoms with Crippen LogP contribution in [0.25, 0.3) is 0 Å². The highest BCUT2D eigenvalue weighted by Gasteiger charge is 2.48. The molecule has 3 heteroatoms. The fraction of sp³-hybridized carbons (Fsp3) is 1.00. The second-order valence-corrected chi connectivity index (χ2v) is 3.60. The van der Waals surface area contributed by atoms with Crippen molar-refractivity contribution < 1.29 is 0 Å². The zero-order valence-electron chi connectivity index (χ0n) is 6.65. The van der Waals surface area contributed by atoms with Gasteiger partial charge in [0, 0.05) is 31.1 Å². The van der Waals surface area contributed by atoms with Crippen LogP contribution in [0.15, 0.2) is 0 Å². The number of hydrogen-bond donors (Lipinski definition) is 2. The molecule has 2 unspecified atom stereocenters. The van der Waals surface area contributed by atoms with Crippen molar-refractivity contribution in [3.8, 4) is 0 Å². The molecule has 0 saturated carbocycles. The highest BCUT2D eigenvalue weighted by atomic mass is 15.5. The first-order chi connectivity index (χ1) is 4.74. The molecular weight excluding hydrogens is 126 g/mol. The molecule has 2 atom stereocenters. The van der Waals surface area contributed by atoms with Gasteiger partial charge in [-0.2, -0.15) is 0 Å². The molecule has 0 aromatic heterocycles. The summed E-state index contributed by atoms with van der Waals surface area (Å²) in [6, 6.07) is 0. The van der Waals surface area contributed by atoms with Crippen molar-refractivity contribution in [2.24, 2.45) is 5.92 Å². The third-order valence-electron chi connectivity index (χ3n) is 2.93. The fourth-order valence-electron chi connectivity index (χ4n) is 1.94. The monoisotopic (exact) mass is 141 g/mol. The minimum atomic E-state index is 0.420. The second kappa shape index (κ2) is 1.94. The van der Waals surface area contributed by atoms with Gasteiger partial charge >= 0.3 is 0 Å². The zero-order chi connectivity index (χ0) is 7.19. The van der Waals surface area contributed by atoms with Gasteiger partial charge in [-0.15, -0.1) is 0 Å². The Morgan fingerprint density at radius 3 is 2.80 bits per heavy atom. The van der Waals surface area contributed by atoms with Crippen molar-refractivity contribution >= 4 is 0 Å². The van der Waals surface area contributed by atoms with Crippen LogP contribution >= 0.6 is 0 Å². The summed E-state index contributed by atoms with van der Waals surface area (Å²) < 4.78 is 0. The summed E-state index contributed by atoms with van der Waals surface area (Å²) in [6.07, 6.45) is 0. The third-order valence-corrected chi connectivity index (χ3v) is 2.93. The maximum Gasteiger partial charge on any atom is 0.0347 e. The second-order valence-electron chi connectivity index (χ2n) is 3.60. The van der Waals surface area contributed by atoms with E-state index < -0.39 is 0 Å². The number of hydrazine groups is 1. The summed E-state index contributed by atoms with van der Waals surface area (Å²) in [6.45, 7) is 5.86. The molecule has 2 N–H and O–H groups in total. The summed E-state index contributed by atoms with van der Waals surface area (Å²) in [4.78, 5) is 0. The van der Waals surface area contributed by atoms with Crippen molar-refractivity contribution in [2.45, 2.75) is 12.5 Å². The number of hydrogen-bond acceptors (Lipinski definition) is 3. The Labute approximate surface area is 61.7 Å². The number of fused-ring (bicyclic) bond motifs is 1. The average Bonchev–Trinajstić information content (AvgIpc) is 2.13. The molecule has 58 valence electrons. The first kappa shape index (κ1) is 6.58. The molecule has 0 bridgehead atoms. The molecule has 0 amide bonds. The highest BCUT2D eigenvalue weighted by molar-refractivity contribution is 5.07. The Balaban J connectivity index is 2.02. The number of rotatable bonds is 1. The van der Waals surface area contributed by atoms with Gasteiger partial charge in [0.15, 0.2) is 0 Å². The number of nitrogens with zero attached hydrogens (tertiary/aromatic N) is 1. The molecule has 2 saturated heterocycles. The van der Waals surface area contributed by atoms with E-state index in [1.807, 2.05) is 7.05 Å². The van der Waals surface area contributed by atoms with Gasteiger partial charge in [-0.25, -0.2) is 5.01 Å².